The van der Waals surface area contributed by atoms with Gasteiger partial charge in [0, 0.05) is 42.2 Å². The first-order valence-corrected chi connectivity index (χ1v) is 10.8. The number of halogens is 1. The van der Waals surface area contributed by atoms with E-state index in [1.54, 1.807) is 23.9 Å². The number of rotatable bonds is 7. The van der Waals surface area contributed by atoms with Crippen LogP contribution in [0.5, 0.6) is 0 Å². The molecular formula is C23H28FNO2S. The lowest BCUT2D eigenvalue weighted by Crippen LogP contribution is -2.44. The Bertz CT molecular complexity index is 818. The minimum atomic E-state index is -0.253. The molecule has 0 unspecified atom stereocenters. The largest absolute Gasteiger partial charge is 0.381 e. The van der Waals surface area contributed by atoms with Crippen molar-refractivity contribution in [3.8, 4) is 0 Å². The van der Waals surface area contributed by atoms with Crippen molar-refractivity contribution < 1.29 is 13.9 Å². The third-order valence-corrected chi connectivity index (χ3v) is 6.58. The molecule has 0 radical (unpaired) electrons. The molecule has 150 valence electrons. The maximum Gasteiger partial charge on any atom is 0.220 e. The van der Waals surface area contributed by atoms with Crippen LogP contribution in [0.2, 0.25) is 0 Å². The van der Waals surface area contributed by atoms with Crippen molar-refractivity contribution >= 4 is 17.7 Å². The topological polar surface area (TPSA) is 38.3 Å². The van der Waals surface area contributed by atoms with E-state index in [1.165, 1.54) is 22.1 Å². The summed E-state index contributed by atoms with van der Waals surface area (Å²) in [5, 5.41) is 3.09. The highest BCUT2D eigenvalue weighted by atomic mass is 32.2. The van der Waals surface area contributed by atoms with Crippen molar-refractivity contribution in [3.05, 3.63) is 65.0 Å². The maximum atomic E-state index is 13.8. The Kier molecular flexibility index (Phi) is 7.13. The minimum absolute atomic E-state index is 0.0404. The molecule has 1 fully saturated rings. The number of benzene rings is 2. The minimum Gasteiger partial charge on any atom is -0.381 e. The normalized spacial score (nSPS) is 16.0. The number of aryl methyl sites for hydroxylation is 2. The van der Waals surface area contributed by atoms with E-state index in [-0.39, 0.29) is 17.1 Å². The Morgan fingerprint density at radius 1 is 1.14 bits per heavy atom. The molecule has 28 heavy (non-hydrogen) atoms. The van der Waals surface area contributed by atoms with E-state index < -0.39 is 0 Å². The summed E-state index contributed by atoms with van der Waals surface area (Å²) >= 11 is 1.70. The molecule has 1 aliphatic rings. The average molecular weight is 402 g/mol. The predicted octanol–water partition coefficient (Wildman–Crippen LogP) is 4.79. The Hall–Kier alpha value is -1.85. The molecular weight excluding hydrogens is 373 g/mol. The first kappa shape index (κ1) is 20.9. The average Bonchev–Trinajstić information content (AvgIpc) is 2.70. The monoisotopic (exact) mass is 401 g/mol. The van der Waals surface area contributed by atoms with Gasteiger partial charge in [0.05, 0.1) is 0 Å². The second kappa shape index (κ2) is 9.57. The summed E-state index contributed by atoms with van der Waals surface area (Å²) in [5.74, 6) is 0.544. The summed E-state index contributed by atoms with van der Waals surface area (Å²) < 4.78 is 19.3. The number of carbonyl (C=O) groups excluding carboxylic acids is 1. The Balaban J connectivity index is 1.54. The van der Waals surface area contributed by atoms with Crippen LogP contribution in [-0.2, 0) is 14.9 Å². The van der Waals surface area contributed by atoms with Gasteiger partial charge in [-0.1, -0.05) is 18.2 Å². The number of ether oxygens (including phenoxy) is 1. The SMILES string of the molecule is Cc1ccc(SCCC(=O)NCC2(c3cccc(F)c3)CCOCC2)cc1C. The van der Waals surface area contributed by atoms with Gasteiger partial charge >= 0.3 is 0 Å². The van der Waals surface area contributed by atoms with Gasteiger partial charge in [-0.15, -0.1) is 11.8 Å². The fourth-order valence-electron chi connectivity index (χ4n) is 3.57. The first-order valence-electron chi connectivity index (χ1n) is 9.79. The second-order valence-electron chi connectivity index (χ2n) is 7.52. The van der Waals surface area contributed by atoms with E-state index >= 15 is 0 Å². The summed E-state index contributed by atoms with van der Waals surface area (Å²) in [6.45, 7) is 5.99. The van der Waals surface area contributed by atoms with Crippen LogP contribution in [0, 0.1) is 19.7 Å². The fourth-order valence-corrected chi connectivity index (χ4v) is 4.52. The molecule has 1 saturated heterocycles. The zero-order chi connectivity index (χ0) is 20.0. The molecule has 0 atom stereocenters. The van der Waals surface area contributed by atoms with Crippen molar-refractivity contribution in [2.24, 2.45) is 0 Å². The highest BCUT2D eigenvalue weighted by Gasteiger charge is 2.35. The van der Waals surface area contributed by atoms with Gasteiger partial charge in [-0.25, -0.2) is 4.39 Å². The van der Waals surface area contributed by atoms with E-state index in [0.717, 1.165) is 24.2 Å². The molecule has 1 N–H and O–H groups in total. The zero-order valence-corrected chi connectivity index (χ0v) is 17.4. The molecule has 0 saturated carbocycles. The molecule has 1 heterocycles. The van der Waals surface area contributed by atoms with E-state index in [1.807, 2.05) is 6.07 Å². The lowest BCUT2D eigenvalue weighted by Gasteiger charge is -2.38. The van der Waals surface area contributed by atoms with Crippen molar-refractivity contribution in [1.29, 1.82) is 0 Å². The van der Waals surface area contributed by atoms with Crippen LogP contribution in [0.25, 0.3) is 0 Å². The molecule has 3 rings (SSSR count). The highest BCUT2D eigenvalue weighted by molar-refractivity contribution is 7.99. The van der Waals surface area contributed by atoms with Crippen LogP contribution in [-0.4, -0.2) is 31.4 Å². The third kappa shape index (κ3) is 5.36. The summed E-state index contributed by atoms with van der Waals surface area (Å²) in [6, 6.07) is 13.1. The van der Waals surface area contributed by atoms with Gasteiger partial charge in [-0.2, -0.15) is 0 Å². The second-order valence-corrected chi connectivity index (χ2v) is 8.69. The number of nitrogens with one attached hydrogen (secondary N) is 1. The van der Waals surface area contributed by atoms with Crippen LogP contribution in [0.4, 0.5) is 4.39 Å². The molecule has 5 heteroatoms. The smallest absolute Gasteiger partial charge is 0.220 e. The zero-order valence-electron chi connectivity index (χ0n) is 16.6. The van der Waals surface area contributed by atoms with Gasteiger partial charge in [0.2, 0.25) is 5.91 Å². The first-order chi connectivity index (χ1) is 13.5. The maximum absolute atomic E-state index is 13.8. The number of hydrogen-bond donors (Lipinski definition) is 1. The van der Waals surface area contributed by atoms with E-state index in [2.05, 4.69) is 37.4 Å². The van der Waals surface area contributed by atoms with E-state index in [4.69, 9.17) is 4.74 Å². The van der Waals surface area contributed by atoms with Crippen LogP contribution in [0.1, 0.15) is 36.0 Å². The van der Waals surface area contributed by atoms with Gasteiger partial charge in [0.1, 0.15) is 5.82 Å². The summed E-state index contributed by atoms with van der Waals surface area (Å²) in [5.41, 5.74) is 3.24. The van der Waals surface area contributed by atoms with Crippen LogP contribution in [0.15, 0.2) is 47.4 Å². The quantitative estimate of drug-likeness (QED) is 0.678. The van der Waals surface area contributed by atoms with Crippen LogP contribution in [0.3, 0.4) is 0 Å². The number of carbonyl (C=O) groups is 1. The lowest BCUT2D eigenvalue weighted by atomic mass is 9.74. The Morgan fingerprint density at radius 3 is 2.64 bits per heavy atom. The molecule has 1 amide bonds. The molecule has 0 spiro atoms. The highest BCUT2D eigenvalue weighted by Crippen LogP contribution is 2.34. The summed E-state index contributed by atoms with van der Waals surface area (Å²) in [6.07, 6.45) is 2.04. The van der Waals surface area contributed by atoms with Crippen molar-refractivity contribution in [3.63, 3.8) is 0 Å². The number of thioether (sulfide) groups is 1. The number of amides is 1. The molecule has 0 aliphatic carbocycles. The Morgan fingerprint density at radius 2 is 1.93 bits per heavy atom. The lowest BCUT2D eigenvalue weighted by molar-refractivity contribution is -0.121. The van der Waals surface area contributed by atoms with Gasteiger partial charge in [0.15, 0.2) is 0 Å². The molecule has 3 nitrogen and oxygen atoms in total. The molecule has 0 bridgehead atoms. The molecule has 1 aliphatic heterocycles. The van der Waals surface area contributed by atoms with Crippen molar-refractivity contribution in [2.45, 2.75) is 43.4 Å². The summed E-state index contributed by atoms with van der Waals surface area (Å²) in [7, 11) is 0. The molecule has 2 aromatic carbocycles. The summed E-state index contributed by atoms with van der Waals surface area (Å²) in [4.78, 5) is 13.6. The Labute approximate surface area is 171 Å². The van der Waals surface area contributed by atoms with E-state index in [9.17, 15) is 9.18 Å². The van der Waals surface area contributed by atoms with Gasteiger partial charge in [-0.3, -0.25) is 4.79 Å². The van der Waals surface area contributed by atoms with Crippen molar-refractivity contribution in [2.75, 3.05) is 25.5 Å². The molecule has 2 aromatic rings. The van der Waals surface area contributed by atoms with Gasteiger partial charge in [-0.05, 0) is 67.6 Å². The predicted molar refractivity (Wildman–Crippen MR) is 112 cm³/mol. The standard InChI is InChI=1S/C23H28FNO2S/c1-17-6-7-21(14-18(17)2)28-13-8-22(26)25-16-23(9-11-27-12-10-23)19-4-3-5-20(24)15-19/h3-7,14-15H,8-13,16H2,1-2H3,(H,25,26). The van der Waals surface area contributed by atoms with Crippen LogP contribution >= 0.6 is 11.8 Å². The van der Waals surface area contributed by atoms with Crippen LogP contribution < -0.4 is 5.32 Å². The third-order valence-electron chi connectivity index (χ3n) is 5.59. The van der Waals surface area contributed by atoms with E-state index in [0.29, 0.717) is 26.2 Å². The number of hydrogen-bond acceptors (Lipinski definition) is 3. The fraction of sp³-hybridized carbons (Fsp3) is 0.435. The molecule has 0 aromatic heterocycles. The van der Waals surface area contributed by atoms with Crippen molar-refractivity contribution in [1.82, 2.24) is 5.32 Å². The van der Waals surface area contributed by atoms with Gasteiger partial charge in [0.25, 0.3) is 0 Å². The van der Waals surface area contributed by atoms with Gasteiger partial charge < -0.3 is 10.1 Å².